The largest absolute Gasteiger partial charge is 0.495 e. The van der Waals surface area contributed by atoms with Crippen LogP contribution in [0.4, 0.5) is 0 Å². The van der Waals surface area contributed by atoms with Gasteiger partial charge in [0.1, 0.15) is 16.0 Å². The van der Waals surface area contributed by atoms with Crippen molar-refractivity contribution in [2.45, 2.75) is 6.92 Å². The van der Waals surface area contributed by atoms with Crippen LogP contribution in [0.5, 0.6) is 11.5 Å². The zero-order valence-corrected chi connectivity index (χ0v) is 11.0. The molecule has 1 aromatic rings. The summed E-state index contributed by atoms with van der Waals surface area (Å²) in [5, 5.41) is 0. The smallest absolute Gasteiger partial charge is 0.189 e. The standard InChI is InChI=1S/C12H13BrO3/c1-4-5-9(14)8-6-7-10(15-2)11(13)12(8)16-3/h4-7H,1-3H3/b5-4+. The molecule has 0 heterocycles. The fourth-order valence-corrected chi connectivity index (χ4v) is 2.00. The molecule has 0 atom stereocenters. The van der Waals surface area contributed by atoms with Gasteiger partial charge in [-0.25, -0.2) is 0 Å². The van der Waals surface area contributed by atoms with E-state index in [0.717, 1.165) is 0 Å². The Balaban J connectivity index is 3.31. The molecule has 16 heavy (non-hydrogen) atoms. The van der Waals surface area contributed by atoms with Crippen LogP contribution in [0.25, 0.3) is 0 Å². The maximum absolute atomic E-state index is 11.7. The maximum Gasteiger partial charge on any atom is 0.189 e. The minimum absolute atomic E-state index is 0.0947. The highest BCUT2D eigenvalue weighted by Gasteiger charge is 2.16. The van der Waals surface area contributed by atoms with Crippen LogP contribution in [0.1, 0.15) is 17.3 Å². The lowest BCUT2D eigenvalue weighted by atomic mass is 10.1. The second kappa shape index (κ2) is 5.70. The molecule has 0 amide bonds. The molecule has 0 aliphatic rings. The van der Waals surface area contributed by atoms with E-state index < -0.39 is 0 Å². The van der Waals surface area contributed by atoms with Gasteiger partial charge in [0.05, 0.1) is 19.8 Å². The summed E-state index contributed by atoms with van der Waals surface area (Å²) < 4.78 is 11.0. The summed E-state index contributed by atoms with van der Waals surface area (Å²) in [4.78, 5) is 11.7. The van der Waals surface area contributed by atoms with Crippen LogP contribution in [0.15, 0.2) is 28.8 Å². The number of allylic oxidation sites excluding steroid dienone is 2. The third-order valence-electron chi connectivity index (χ3n) is 2.07. The van der Waals surface area contributed by atoms with Crippen molar-refractivity contribution in [3.63, 3.8) is 0 Å². The molecule has 4 heteroatoms. The van der Waals surface area contributed by atoms with E-state index in [1.807, 2.05) is 0 Å². The van der Waals surface area contributed by atoms with E-state index in [1.165, 1.54) is 13.2 Å². The molecular weight excluding hydrogens is 272 g/mol. The first-order chi connectivity index (χ1) is 7.65. The van der Waals surface area contributed by atoms with Gasteiger partial charge in [-0.2, -0.15) is 0 Å². The molecule has 0 aromatic heterocycles. The Kier molecular flexibility index (Phi) is 4.55. The number of methoxy groups -OCH3 is 2. The van der Waals surface area contributed by atoms with Crippen LogP contribution < -0.4 is 9.47 Å². The number of carbonyl (C=O) groups excluding carboxylic acids is 1. The van der Waals surface area contributed by atoms with Crippen molar-refractivity contribution < 1.29 is 14.3 Å². The molecule has 0 aliphatic carbocycles. The molecule has 3 nitrogen and oxygen atoms in total. The lowest BCUT2D eigenvalue weighted by Crippen LogP contribution is -2.00. The van der Waals surface area contributed by atoms with Gasteiger partial charge in [0.25, 0.3) is 0 Å². The summed E-state index contributed by atoms with van der Waals surface area (Å²) >= 11 is 3.35. The maximum atomic E-state index is 11.7. The first-order valence-corrected chi connectivity index (χ1v) is 5.52. The summed E-state index contributed by atoms with van der Waals surface area (Å²) in [7, 11) is 3.08. The van der Waals surface area contributed by atoms with Crippen LogP contribution in [-0.4, -0.2) is 20.0 Å². The average molecular weight is 285 g/mol. The molecule has 0 saturated carbocycles. The first-order valence-electron chi connectivity index (χ1n) is 4.73. The lowest BCUT2D eigenvalue weighted by Gasteiger charge is -2.11. The van der Waals surface area contributed by atoms with Crippen LogP contribution >= 0.6 is 15.9 Å². The highest BCUT2D eigenvalue weighted by atomic mass is 79.9. The van der Waals surface area contributed by atoms with Gasteiger partial charge < -0.3 is 9.47 Å². The number of hydrogen-bond donors (Lipinski definition) is 0. The normalized spacial score (nSPS) is 10.5. The Labute approximate surface area is 103 Å². The highest BCUT2D eigenvalue weighted by molar-refractivity contribution is 9.10. The Bertz CT molecular complexity index is 425. The van der Waals surface area contributed by atoms with Crippen molar-refractivity contribution in [1.82, 2.24) is 0 Å². The molecule has 1 rings (SSSR count). The summed E-state index contributed by atoms with van der Waals surface area (Å²) in [6.07, 6.45) is 3.19. The molecule has 0 saturated heterocycles. The van der Waals surface area contributed by atoms with Crippen molar-refractivity contribution in [2.75, 3.05) is 14.2 Å². The Morgan fingerprint density at radius 2 is 2.00 bits per heavy atom. The van der Waals surface area contributed by atoms with Gasteiger partial charge in [0, 0.05) is 0 Å². The number of rotatable bonds is 4. The van der Waals surface area contributed by atoms with Gasteiger partial charge in [0.15, 0.2) is 5.78 Å². The predicted octanol–water partition coefficient (Wildman–Crippen LogP) is 3.23. The Morgan fingerprint density at radius 1 is 1.31 bits per heavy atom. The number of benzene rings is 1. The first kappa shape index (κ1) is 12.8. The topological polar surface area (TPSA) is 35.5 Å². The lowest BCUT2D eigenvalue weighted by molar-refractivity contribution is 0.104. The van der Waals surface area contributed by atoms with Gasteiger partial charge >= 0.3 is 0 Å². The van der Waals surface area contributed by atoms with Crippen molar-refractivity contribution in [3.05, 3.63) is 34.3 Å². The molecule has 0 fully saturated rings. The van der Waals surface area contributed by atoms with Crippen molar-refractivity contribution >= 4 is 21.7 Å². The van der Waals surface area contributed by atoms with Crippen LogP contribution in [-0.2, 0) is 0 Å². The fourth-order valence-electron chi connectivity index (χ4n) is 1.33. The molecule has 0 N–H and O–H groups in total. The highest BCUT2D eigenvalue weighted by Crippen LogP contribution is 2.37. The van der Waals surface area contributed by atoms with E-state index in [4.69, 9.17) is 9.47 Å². The van der Waals surface area contributed by atoms with Crippen LogP contribution in [0.2, 0.25) is 0 Å². The molecule has 0 aliphatic heterocycles. The van der Waals surface area contributed by atoms with E-state index in [0.29, 0.717) is 21.5 Å². The van der Waals surface area contributed by atoms with Crippen LogP contribution in [0, 0.1) is 0 Å². The molecule has 1 aromatic carbocycles. The van der Waals surface area contributed by atoms with E-state index in [9.17, 15) is 4.79 Å². The minimum Gasteiger partial charge on any atom is -0.495 e. The number of ketones is 1. The van der Waals surface area contributed by atoms with Crippen molar-refractivity contribution in [3.8, 4) is 11.5 Å². The number of halogens is 1. The second-order valence-electron chi connectivity index (χ2n) is 3.03. The van der Waals surface area contributed by atoms with Gasteiger partial charge in [-0.05, 0) is 41.1 Å². The Morgan fingerprint density at radius 3 is 2.50 bits per heavy atom. The monoisotopic (exact) mass is 284 g/mol. The number of ether oxygens (including phenoxy) is 2. The molecule has 0 spiro atoms. The summed E-state index contributed by atoms with van der Waals surface area (Å²) in [6.45, 7) is 1.79. The zero-order chi connectivity index (χ0) is 12.1. The summed E-state index contributed by atoms with van der Waals surface area (Å²) in [5.41, 5.74) is 0.508. The summed E-state index contributed by atoms with van der Waals surface area (Å²) in [6, 6.07) is 3.41. The van der Waals surface area contributed by atoms with E-state index in [2.05, 4.69) is 15.9 Å². The minimum atomic E-state index is -0.0947. The molecule has 0 bridgehead atoms. The zero-order valence-electron chi connectivity index (χ0n) is 9.41. The Hall–Kier alpha value is -1.29. The second-order valence-corrected chi connectivity index (χ2v) is 3.82. The molecule has 86 valence electrons. The van der Waals surface area contributed by atoms with Gasteiger partial charge in [-0.15, -0.1) is 0 Å². The van der Waals surface area contributed by atoms with E-state index in [1.54, 1.807) is 32.2 Å². The summed E-state index contributed by atoms with van der Waals surface area (Å²) in [5.74, 6) is 1.03. The fraction of sp³-hybridized carbons (Fsp3) is 0.250. The molecule has 0 unspecified atom stereocenters. The third-order valence-corrected chi connectivity index (χ3v) is 2.82. The van der Waals surface area contributed by atoms with Gasteiger partial charge in [-0.3, -0.25) is 4.79 Å². The van der Waals surface area contributed by atoms with Crippen molar-refractivity contribution in [1.29, 1.82) is 0 Å². The SMILES string of the molecule is C/C=C/C(=O)c1ccc(OC)c(Br)c1OC. The van der Waals surface area contributed by atoms with Crippen molar-refractivity contribution in [2.24, 2.45) is 0 Å². The molecule has 0 radical (unpaired) electrons. The van der Waals surface area contributed by atoms with E-state index in [-0.39, 0.29) is 5.78 Å². The van der Waals surface area contributed by atoms with E-state index >= 15 is 0 Å². The van der Waals surface area contributed by atoms with Gasteiger partial charge in [-0.1, -0.05) is 6.08 Å². The molecular formula is C12H13BrO3. The third kappa shape index (κ3) is 2.44. The number of carbonyl (C=O) groups is 1. The quantitative estimate of drug-likeness (QED) is 0.629. The predicted molar refractivity (Wildman–Crippen MR) is 66.4 cm³/mol. The number of hydrogen-bond acceptors (Lipinski definition) is 3. The average Bonchev–Trinajstić information content (AvgIpc) is 2.28. The van der Waals surface area contributed by atoms with Crippen LogP contribution in [0.3, 0.4) is 0 Å². The van der Waals surface area contributed by atoms with Gasteiger partial charge in [0.2, 0.25) is 0 Å².